The zero-order chi connectivity index (χ0) is 9.14. The van der Waals surface area contributed by atoms with E-state index in [4.69, 9.17) is 0 Å². The van der Waals surface area contributed by atoms with Crippen molar-refractivity contribution >= 4 is 23.5 Å². The molecule has 0 aliphatic rings. The molecular weight excluding hydrogens is 191 g/mol. The minimum Gasteiger partial charge on any atom is -0.206 e. The zero-order valence-corrected chi connectivity index (χ0v) is 8.98. The first-order chi connectivity index (χ1) is 5.69. The molecule has 0 heterocycles. The molecule has 0 bridgehead atoms. The van der Waals surface area contributed by atoms with Gasteiger partial charge in [0.15, 0.2) is 0 Å². The van der Waals surface area contributed by atoms with Crippen LogP contribution in [0.4, 0.5) is 4.39 Å². The van der Waals surface area contributed by atoms with Crippen molar-refractivity contribution in [3.8, 4) is 0 Å². The van der Waals surface area contributed by atoms with Crippen molar-refractivity contribution < 1.29 is 4.39 Å². The van der Waals surface area contributed by atoms with E-state index >= 15 is 0 Å². The Morgan fingerprint density at radius 1 is 1.08 bits per heavy atom. The molecule has 1 aromatic rings. The Hall–Kier alpha value is -0.150. The topological polar surface area (TPSA) is 0 Å². The fourth-order valence-electron chi connectivity index (χ4n) is 1.01. The van der Waals surface area contributed by atoms with Crippen molar-refractivity contribution in [1.29, 1.82) is 0 Å². The third-order valence-corrected chi connectivity index (χ3v) is 3.30. The predicted octanol–water partition coefficient (Wildman–Crippen LogP) is 3.58. The van der Waals surface area contributed by atoms with E-state index in [1.807, 2.05) is 25.5 Å². The highest BCUT2D eigenvalue weighted by Crippen LogP contribution is 2.28. The molecule has 0 aromatic heterocycles. The predicted molar refractivity (Wildman–Crippen MR) is 54.7 cm³/mol. The molecule has 0 atom stereocenters. The molecule has 0 unspecified atom stereocenters. The van der Waals surface area contributed by atoms with Gasteiger partial charge in [0.05, 0.1) is 0 Å². The highest BCUT2D eigenvalue weighted by molar-refractivity contribution is 7.99. The summed E-state index contributed by atoms with van der Waals surface area (Å²) in [6, 6.07) is 3.50. The van der Waals surface area contributed by atoms with Gasteiger partial charge < -0.3 is 0 Å². The molecule has 0 radical (unpaired) electrons. The van der Waals surface area contributed by atoms with Gasteiger partial charge in [-0.2, -0.15) is 0 Å². The quantitative estimate of drug-likeness (QED) is 0.672. The third kappa shape index (κ3) is 1.96. The van der Waals surface area contributed by atoms with Gasteiger partial charge in [-0.1, -0.05) is 0 Å². The summed E-state index contributed by atoms with van der Waals surface area (Å²) in [5, 5.41) is 0. The molecule has 0 spiro atoms. The fraction of sp³-hybridized carbons (Fsp3) is 0.333. The summed E-state index contributed by atoms with van der Waals surface area (Å²) in [4.78, 5) is 1.88. The monoisotopic (exact) mass is 202 g/mol. The van der Waals surface area contributed by atoms with Crippen LogP contribution < -0.4 is 0 Å². The van der Waals surface area contributed by atoms with Crippen molar-refractivity contribution in [3.63, 3.8) is 0 Å². The maximum Gasteiger partial charge on any atom is 0.137 e. The minimum atomic E-state index is -0.113. The van der Waals surface area contributed by atoms with Crippen molar-refractivity contribution in [2.45, 2.75) is 16.7 Å². The lowest BCUT2D eigenvalue weighted by Gasteiger charge is -2.05. The van der Waals surface area contributed by atoms with Gasteiger partial charge in [-0.05, 0) is 37.1 Å². The van der Waals surface area contributed by atoms with E-state index < -0.39 is 0 Å². The van der Waals surface area contributed by atoms with Gasteiger partial charge in [-0.3, -0.25) is 0 Å². The summed E-state index contributed by atoms with van der Waals surface area (Å²) in [6.07, 6.45) is 3.89. The van der Waals surface area contributed by atoms with Crippen LogP contribution in [0.1, 0.15) is 5.56 Å². The summed E-state index contributed by atoms with van der Waals surface area (Å²) in [6.45, 7) is 1.93. The molecule has 0 aliphatic carbocycles. The van der Waals surface area contributed by atoms with Gasteiger partial charge in [-0.15, -0.1) is 23.5 Å². The second-order valence-electron chi connectivity index (χ2n) is 2.46. The fourth-order valence-corrected chi connectivity index (χ4v) is 2.19. The number of hydrogen-bond acceptors (Lipinski definition) is 2. The molecule has 1 rings (SSSR count). The Morgan fingerprint density at radius 3 is 2.17 bits per heavy atom. The molecule has 0 aliphatic heterocycles. The number of thioether (sulfide) groups is 2. The Bertz CT molecular complexity index is 259. The molecule has 66 valence electrons. The van der Waals surface area contributed by atoms with E-state index in [0.717, 1.165) is 15.4 Å². The standard InChI is InChI=1S/C9H11FS2/c1-6-4-7(10)9(12-3)5-8(6)11-2/h4-5H,1-3H3. The van der Waals surface area contributed by atoms with Crippen molar-refractivity contribution in [2.75, 3.05) is 12.5 Å². The van der Waals surface area contributed by atoms with Gasteiger partial charge in [-0.25, -0.2) is 4.39 Å². The third-order valence-electron chi connectivity index (χ3n) is 1.67. The maximum absolute atomic E-state index is 13.1. The molecule has 1 aromatic carbocycles. The van der Waals surface area contributed by atoms with Crippen LogP contribution in [-0.4, -0.2) is 12.5 Å². The Kier molecular flexibility index (Phi) is 3.47. The Labute approximate surface area is 80.9 Å². The van der Waals surface area contributed by atoms with Crippen molar-refractivity contribution in [2.24, 2.45) is 0 Å². The van der Waals surface area contributed by atoms with Crippen LogP contribution in [0.25, 0.3) is 0 Å². The molecule has 0 N–H and O–H groups in total. The molecule has 0 nitrogen and oxygen atoms in total. The smallest absolute Gasteiger partial charge is 0.137 e. The van der Waals surface area contributed by atoms with Crippen molar-refractivity contribution in [1.82, 2.24) is 0 Å². The lowest BCUT2D eigenvalue weighted by molar-refractivity contribution is 0.598. The van der Waals surface area contributed by atoms with Crippen LogP contribution in [0.3, 0.4) is 0 Å². The van der Waals surface area contributed by atoms with Gasteiger partial charge in [0.2, 0.25) is 0 Å². The first-order valence-corrected chi connectivity index (χ1v) is 6.02. The molecular formula is C9H11FS2. The number of rotatable bonds is 2. The number of halogens is 1. The highest BCUT2D eigenvalue weighted by atomic mass is 32.2. The van der Waals surface area contributed by atoms with E-state index in [2.05, 4.69) is 0 Å². The van der Waals surface area contributed by atoms with Crippen molar-refractivity contribution in [3.05, 3.63) is 23.5 Å². The number of aryl methyl sites for hydroxylation is 1. The van der Waals surface area contributed by atoms with Gasteiger partial charge >= 0.3 is 0 Å². The van der Waals surface area contributed by atoms with Crippen LogP contribution in [0.2, 0.25) is 0 Å². The average Bonchev–Trinajstić information content (AvgIpc) is 2.05. The Balaban J connectivity index is 3.18. The van der Waals surface area contributed by atoms with Gasteiger partial charge in [0.25, 0.3) is 0 Å². The van der Waals surface area contributed by atoms with E-state index in [1.165, 1.54) is 11.8 Å². The van der Waals surface area contributed by atoms with Gasteiger partial charge in [0, 0.05) is 9.79 Å². The van der Waals surface area contributed by atoms with E-state index in [-0.39, 0.29) is 5.82 Å². The van der Waals surface area contributed by atoms with Crippen LogP contribution in [0.5, 0.6) is 0 Å². The van der Waals surface area contributed by atoms with Crippen LogP contribution in [-0.2, 0) is 0 Å². The molecule has 3 heteroatoms. The summed E-state index contributed by atoms with van der Waals surface area (Å²) < 4.78 is 13.1. The molecule has 0 amide bonds. The SMILES string of the molecule is CSc1cc(SC)c(F)cc1C. The summed E-state index contributed by atoms with van der Waals surface area (Å²) in [5.74, 6) is -0.113. The second-order valence-corrected chi connectivity index (χ2v) is 4.15. The van der Waals surface area contributed by atoms with Crippen LogP contribution >= 0.6 is 23.5 Å². The first-order valence-electron chi connectivity index (χ1n) is 3.57. The van der Waals surface area contributed by atoms with Crippen LogP contribution in [0, 0.1) is 12.7 Å². The molecule has 0 saturated heterocycles. The van der Waals surface area contributed by atoms with Gasteiger partial charge in [0.1, 0.15) is 5.82 Å². The average molecular weight is 202 g/mol. The highest BCUT2D eigenvalue weighted by Gasteiger charge is 2.04. The lowest BCUT2D eigenvalue weighted by atomic mass is 10.2. The summed E-state index contributed by atoms with van der Waals surface area (Å²) in [7, 11) is 0. The molecule has 0 saturated carbocycles. The normalized spacial score (nSPS) is 10.3. The zero-order valence-electron chi connectivity index (χ0n) is 7.35. The first kappa shape index (κ1) is 9.93. The summed E-state index contributed by atoms with van der Waals surface area (Å²) >= 11 is 3.10. The number of hydrogen-bond donors (Lipinski definition) is 0. The van der Waals surface area contributed by atoms with Crippen LogP contribution in [0.15, 0.2) is 21.9 Å². The summed E-state index contributed by atoms with van der Waals surface area (Å²) in [5.41, 5.74) is 1.01. The lowest BCUT2D eigenvalue weighted by Crippen LogP contribution is -1.85. The second kappa shape index (κ2) is 4.19. The van der Waals surface area contributed by atoms with E-state index in [1.54, 1.807) is 17.8 Å². The van der Waals surface area contributed by atoms with E-state index in [9.17, 15) is 4.39 Å². The molecule has 0 fully saturated rings. The Morgan fingerprint density at radius 2 is 1.67 bits per heavy atom. The largest absolute Gasteiger partial charge is 0.206 e. The minimum absolute atomic E-state index is 0.113. The van der Waals surface area contributed by atoms with E-state index in [0.29, 0.717) is 0 Å². The number of benzene rings is 1. The molecule has 12 heavy (non-hydrogen) atoms. The maximum atomic E-state index is 13.1.